The van der Waals surface area contributed by atoms with Crippen LogP contribution in [0, 0.1) is 0 Å². The van der Waals surface area contributed by atoms with Crippen LogP contribution in [-0.4, -0.2) is 47.4 Å². The van der Waals surface area contributed by atoms with Crippen LogP contribution >= 0.6 is 0 Å². The Bertz CT molecular complexity index is 1090. The molecule has 6 heteroatoms. The average molecular weight is 943 g/mol. The number of hydrogen-bond acceptors (Lipinski definition) is 5. The molecular weight excluding hydrogens is 827 g/mol. The number of ether oxygens (including phenoxy) is 1. The van der Waals surface area contributed by atoms with Crippen molar-refractivity contribution in [1.82, 2.24) is 5.32 Å². The summed E-state index contributed by atoms with van der Waals surface area (Å²) in [6.07, 6.45) is 69.9. The minimum atomic E-state index is -0.673. The number of unbranched alkanes of at least 4 members (excludes halogenated alkanes) is 38. The molecule has 0 saturated heterocycles. The van der Waals surface area contributed by atoms with Gasteiger partial charge in [-0.15, -0.1) is 0 Å². The van der Waals surface area contributed by atoms with E-state index in [-0.39, 0.29) is 18.5 Å². The molecule has 0 bridgehead atoms. The third-order valence-corrected chi connectivity index (χ3v) is 13.7. The zero-order valence-electron chi connectivity index (χ0n) is 44.9. The summed E-state index contributed by atoms with van der Waals surface area (Å²) in [5.41, 5.74) is 0. The highest BCUT2D eigenvalue weighted by atomic mass is 16.5. The van der Waals surface area contributed by atoms with E-state index in [0.29, 0.717) is 25.9 Å². The first-order valence-electron chi connectivity index (χ1n) is 29.7. The maximum absolute atomic E-state index is 12.5. The molecular formula is C61H115NO5. The van der Waals surface area contributed by atoms with E-state index in [4.69, 9.17) is 4.74 Å². The Morgan fingerprint density at radius 3 is 1.16 bits per heavy atom. The molecule has 1 amide bonds. The van der Waals surface area contributed by atoms with E-state index >= 15 is 0 Å². The summed E-state index contributed by atoms with van der Waals surface area (Å²) in [5.74, 6) is -0.0534. The van der Waals surface area contributed by atoms with Crippen LogP contribution in [0.25, 0.3) is 0 Å². The zero-order valence-corrected chi connectivity index (χ0v) is 44.9. The van der Waals surface area contributed by atoms with Crippen molar-refractivity contribution >= 4 is 11.9 Å². The SMILES string of the molecule is CCCCCC/C=C\C/C=C\CCCCCCCCCC(=O)OCCCCCCCCCCC/C=C\CCCCCCCC(=O)NC(CO)C(O)CCCCCCCCCCCCCCCC. The van der Waals surface area contributed by atoms with E-state index in [1.165, 1.54) is 218 Å². The first kappa shape index (κ1) is 65.1. The van der Waals surface area contributed by atoms with E-state index in [2.05, 4.69) is 55.6 Å². The molecule has 2 unspecified atom stereocenters. The highest BCUT2D eigenvalue weighted by Gasteiger charge is 2.20. The van der Waals surface area contributed by atoms with Crippen LogP contribution < -0.4 is 5.32 Å². The molecule has 0 aromatic rings. The lowest BCUT2D eigenvalue weighted by molar-refractivity contribution is -0.143. The van der Waals surface area contributed by atoms with E-state index in [1.807, 2.05) is 0 Å². The monoisotopic (exact) mass is 942 g/mol. The van der Waals surface area contributed by atoms with Gasteiger partial charge in [0, 0.05) is 12.8 Å². The zero-order chi connectivity index (χ0) is 48.6. The van der Waals surface area contributed by atoms with Gasteiger partial charge in [0.1, 0.15) is 0 Å². The number of esters is 1. The second kappa shape index (κ2) is 56.7. The van der Waals surface area contributed by atoms with Crippen LogP contribution in [0.2, 0.25) is 0 Å². The lowest BCUT2D eigenvalue weighted by Crippen LogP contribution is -2.45. The maximum Gasteiger partial charge on any atom is 0.305 e. The molecule has 0 radical (unpaired) electrons. The van der Waals surface area contributed by atoms with Crippen molar-refractivity contribution in [3.63, 3.8) is 0 Å². The molecule has 0 heterocycles. The van der Waals surface area contributed by atoms with Gasteiger partial charge in [-0.25, -0.2) is 0 Å². The molecule has 2 atom stereocenters. The van der Waals surface area contributed by atoms with Gasteiger partial charge in [0.05, 0.1) is 25.4 Å². The number of rotatable bonds is 55. The Labute approximate surface area is 417 Å². The summed E-state index contributed by atoms with van der Waals surface area (Å²) in [6.45, 7) is 4.92. The second-order valence-corrected chi connectivity index (χ2v) is 20.3. The first-order chi connectivity index (χ1) is 33.0. The lowest BCUT2D eigenvalue weighted by Gasteiger charge is -2.22. The van der Waals surface area contributed by atoms with Gasteiger partial charge in [-0.3, -0.25) is 9.59 Å². The van der Waals surface area contributed by atoms with Gasteiger partial charge in [-0.05, 0) is 83.5 Å². The van der Waals surface area contributed by atoms with Crippen LogP contribution in [0.5, 0.6) is 0 Å². The molecule has 0 aromatic carbocycles. The number of carbonyl (C=O) groups is 2. The van der Waals surface area contributed by atoms with E-state index in [1.54, 1.807) is 0 Å². The number of amides is 1. The van der Waals surface area contributed by atoms with Gasteiger partial charge in [-0.1, -0.05) is 256 Å². The van der Waals surface area contributed by atoms with Gasteiger partial charge in [0.25, 0.3) is 0 Å². The molecule has 67 heavy (non-hydrogen) atoms. The summed E-state index contributed by atoms with van der Waals surface area (Å²) in [5, 5.41) is 23.2. The maximum atomic E-state index is 12.5. The first-order valence-corrected chi connectivity index (χ1v) is 29.7. The van der Waals surface area contributed by atoms with Gasteiger partial charge < -0.3 is 20.3 Å². The normalized spacial score (nSPS) is 12.8. The summed E-state index contributed by atoms with van der Waals surface area (Å²) in [4.78, 5) is 24.5. The Morgan fingerprint density at radius 2 is 0.746 bits per heavy atom. The standard InChI is InChI=1S/C61H115NO5/c1-3-5-7-9-11-13-15-17-19-20-24-27-31-35-39-43-47-51-55-61(66)67-56-52-48-44-40-36-32-28-25-22-21-23-26-30-34-38-42-46-50-54-60(65)62-58(57-63)59(64)53-49-45-41-37-33-29-18-16-14-12-10-8-6-4-2/h13,15,19-20,23,26,58-59,63-64H,3-12,14,16-18,21-22,24-25,27-57H2,1-2H3,(H,62,65)/b15-13-,20-19-,26-23-. The van der Waals surface area contributed by atoms with Crippen molar-refractivity contribution in [1.29, 1.82) is 0 Å². The van der Waals surface area contributed by atoms with Crippen LogP contribution in [0.3, 0.4) is 0 Å². The number of nitrogens with one attached hydrogen (secondary N) is 1. The summed E-state index contributed by atoms with van der Waals surface area (Å²) >= 11 is 0. The number of aliphatic hydroxyl groups excluding tert-OH is 2. The fourth-order valence-electron chi connectivity index (χ4n) is 9.08. The van der Waals surface area contributed by atoms with Crippen molar-refractivity contribution in [2.75, 3.05) is 13.2 Å². The van der Waals surface area contributed by atoms with Crippen LogP contribution in [-0.2, 0) is 14.3 Å². The molecule has 0 aliphatic rings. The van der Waals surface area contributed by atoms with E-state index in [9.17, 15) is 19.8 Å². The van der Waals surface area contributed by atoms with Gasteiger partial charge in [0.15, 0.2) is 0 Å². The van der Waals surface area contributed by atoms with Crippen LogP contribution in [0.15, 0.2) is 36.5 Å². The van der Waals surface area contributed by atoms with Crippen LogP contribution in [0.1, 0.15) is 316 Å². The van der Waals surface area contributed by atoms with Crippen molar-refractivity contribution in [2.45, 2.75) is 328 Å². The van der Waals surface area contributed by atoms with Gasteiger partial charge in [0.2, 0.25) is 5.91 Å². The van der Waals surface area contributed by atoms with Crippen LogP contribution in [0.4, 0.5) is 0 Å². The minimum Gasteiger partial charge on any atom is -0.466 e. The Balaban J connectivity index is 3.44. The summed E-state index contributed by atoms with van der Waals surface area (Å²) in [6, 6.07) is -0.552. The van der Waals surface area contributed by atoms with Gasteiger partial charge in [-0.2, -0.15) is 0 Å². The molecule has 0 aromatic heterocycles. The Morgan fingerprint density at radius 1 is 0.418 bits per heavy atom. The molecule has 0 spiro atoms. The predicted molar refractivity (Wildman–Crippen MR) is 292 cm³/mol. The third kappa shape index (κ3) is 53.3. The lowest BCUT2D eigenvalue weighted by atomic mass is 10.0. The third-order valence-electron chi connectivity index (χ3n) is 13.7. The quantitative estimate of drug-likeness (QED) is 0.0321. The van der Waals surface area contributed by atoms with E-state index in [0.717, 1.165) is 64.2 Å². The molecule has 0 saturated carbocycles. The largest absolute Gasteiger partial charge is 0.466 e. The number of allylic oxidation sites excluding steroid dienone is 6. The molecule has 394 valence electrons. The second-order valence-electron chi connectivity index (χ2n) is 20.3. The summed E-state index contributed by atoms with van der Waals surface area (Å²) in [7, 11) is 0. The molecule has 0 aliphatic carbocycles. The highest BCUT2D eigenvalue weighted by Crippen LogP contribution is 2.17. The molecule has 3 N–H and O–H groups in total. The smallest absolute Gasteiger partial charge is 0.305 e. The topological polar surface area (TPSA) is 95.9 Å². The molecule has 0 fully saturated rings. The summed E-state index contributed by atoms with van der Waals surface area (Å²) < 4.78 is 5.48. The van der Waals surface area contributed by atoms with E-state index < -0.39 is 12.1 Å². The van der Waals surface area contributed by atoms with Gasteiger partial charge >= 0.3 is 5.97 Å². The fourth-order valence-corrected chi connectivity index (χ4v) is 9.08. The minimum absolute atomic E-state index is 0.00437. The van der Waals surface area contributed by atoms with Crippen molar-refractivity contribution in [3.05, 3.63) is 36.5 Å². The molecule has 0 aliphatic heterocycles. The number of carbonyl (C=O) groups excluding carboxylic acids is 2. The highest BCUT2D eigenvalue weighted by molar-refractivity contribution is 5.76. The number of hydrogen-bond donors (Lipinski definition) is 3. The fraction of sp³-hybridized carbons (Fsp3) is 0.869. The Hall–Kier alpha value is -1.92. The van der Waals surface area contributed by atoms with Crippen molar-refractivity contribution < 1.29 is 24.5 Å². The molecule has 6 nitrogen and oxygen atoms in total. The molecule has 0 rings (SSSR count). The Kier molecular flexibility index (Phi) is 55.0. The number of aliphatic hydroxyl groups is 2. The van der Waals surface area contributed by atoms with Crippen molar-refractivity contribution in [3.8, 4) is 0 Å². The average Bonchev–Trinajstić information content (AvgIpc) is 3.33. The predicted octanol–water partition coefficient (Wildman–Crippen LogP) is 18.4. The van der Waals surface area contributed by atoms with Crippen molar-refractivity contribution in [2.24, 2.45) is 0 Å².